The third-order valence-corrected chi connectivity index (χ3v) is 2.50. The van der Waals surface area contributed by atoms with E-state index in [2.05, 4.69) is 21.2 Å². The van der Waals surface area contributed by atoms with Gasteiger partial charge in [0.25, 0.3) is 5.91 Å². The minimum absolute atomic E-state index is 0.0437. The molecular formula is C10H11BrFNO2. The zero-order valence-corrected chi connectivity index (χ0v) is 9.71. The minimum atomic E-state index is -0.591. The molecule has 3 nitrogen and oxygen atoms in total. The maximum atomic E-state index is 13.3. The van der Waals surface area contributed by atoms with Gasteiger partial charge >= 0.3 is 0 Å². The van der Waals surface area contributed by atoms with E-state index >= 15 is 0 Å². The second-order valence-electron chi connectivity index (χ2n) is 3.15. The first kappa shape index (κ1) is 12.1. The highest BCUT2D eigenvalue weighted by Crippen LogP contribution is 2.19. The van der Waals surface area contributed by atoms with Gasteiger partial charge in [-0.3, -0.25) is 4.79 Å². The van der Waals surface area contributed by atoms with E-state index in [0.717, 1.165) is 0 Å². The zero-order valence-electron chi connectivity index (χ0n) is 8.13. The quantitative estimate of drug-likeness (QED) is 0.882. The summed E-state index contributed by atoms with van der Waals surface area (Å²) in [6.45, 7) is 1.45. The summed E-state index contributed by atoms with van der Waals surface area (Å²) in [7, 11) is 0. The Morgan fingerprint density at radius 2 is 2.33 bits per heavy atom. The molecule has 1 aromatic carbocycles. The Kier molecular flexibility index (Phi) is 4.23. The number of aliphatic hydroxyl groups excluding tert-OH is 1. The maximum Gasteiger partial charge on any atom is 0.255 e. The molecule has 0 aliphatic carbocycles. The lowest BCUT2D eigenvalue weighted by molar-refractivity contribution is 0.0917. The van der Waals surface area contributed by atoms with Gasteiger partial charge in [0.2, 0.25) is 0 Å². The number of hydrogen-bond acceptors (Lipinski definition) is 2. The van der Waals surface area contributed by atoms with Gasteiger partial charge in [0, 0.05) is 10.5 Å². The summed E-state index contributed by atoms with van der Waals surface area (Å²) in [5, 5.41) is 11.2. The molecule has 82 valence electrons. The molecule has 0 fully saturated rings. The number of carbonyl (C=O) groups excluding carboxylic acids is 1. The van der Waals surface area contributed by atoms with Gasteiger partial charge in [0.1, 0.15) is 5.82 Å². The first-order chi connectivity index (χ1) is 7.06. The number of carbonyl (C=O) groups is 1. The number of amides is 1. The molecule has 1 atom stereocenters. The number of hydrogen-bond donors (Lipinski definition) is 2. The van der Waals surface area contributed by atoms with Crippen LogP contribution in [-0.4, -0.2) is 23.7 Å². The van der Waals surface area contributed by atoms with Crippen LogP contribution in [0.5, 0.6) is 0 Å². The molecule has 1 amide bonds. The van der Waals surface area contributed by atoms with E-state index in [-0.39, 0.29) is 12.2 Å². The summed E-state index contributed by atoms with van der Waals surface area (Å²) in [5.41, 5.74) is -0.0437. The molecule has 0 bridgehead atoms. The first-order valence-corrected chi connectivity index (χ1v) is 5.21. The molecule has 0 heterocycles. The van der Waals surface area contributed by atoms with E-state index in [1.165, 1.54) is 12.1 Å². The molecule has 0 saturated heterocycles. The van der Waals surface area contributed by atoms with Crippen LogP contribution in [0.3, 0.4) is 0 Å². The average molecular weight is 276 g/mol. The number of rotatable bonds is 3. The van der Waals surface area contributed by atoms with Crippen LogP contribution in [0.4, 0.5) is 4.39 Å². The Balaban J connectivity index is 2.91. The maximum absolute atomic E-state index is 13.3. The van der Waals surface area contributed by atoms with E-state index in [1.54, 1.807) is 13.0 Å². The Labute approximate surface area is 95.4 Å². The van der Waals surface area contributed by atoms with Crippen molar-refractivity contribution in [1.29, 1.82) is 0 Å². The van der Waals surface area contributed by atoms with Crippen molar-refractivity contribution >= 4 is 21.8 Å². The van der Waals surface area contributed by atoms with E-state index in [1.807, 2.05) is 0 Å². The van der Waals surface area contributed by atoms with Crippen LogP contribution in [0.2, 0.25) is 0 Å². The highest BCUT2D eigenvalue weighted by Gasteiger charge is 2.16. The topological polar surface area (TPSA) is 49.3 Å². The van der Waals surface area contributed by atoms with Gasteiger partial charge in [-0.05, 0) is 35.0 Å². The summed E-state index contributed by atoms with van der Waals surface area (Å²) in [5.74, 6) is -1.13. The Morgan fingerprint density at radius 1 is 1.67 bits per heavy atom. The van der Waals surface area contributed by atoms with Crippen molar-refractivity contribution in [2.45, 2.75) is 13.0 Å². The minimum Gasteiger partial charge on any atom is -0.394 e. The monoisotopic (exact) mass is 275 g/mol. The van der Waals surface area contributed by atoms with Crippen LogP contribution in [0, 0.1) is 5.82 Å². The molecule has 1 unspecified atom stereocenters. The van der Waals surface area contributed by atoms with Gasteiger partial charge in [-0.25, -0.2) is 4.39 Å². The number of nitrogens with one attached hydrogen (secondary N) is 1. The zero-order chi connectivity index (χ0) is 11.4. The van der Waals surface area contributed by atoms with Gasteiger partial charge in [-0.1, -0.05) is 6.07 Å². The summed E-state index contributed by atoms with van der Waals surface area (Å²) < 4.78 is 13.7. The van der Waals surface area contributed by atoms with Crippen molar-refractivity contribution in [1.82, 2.24) is 5.32 Å². The molecule has 0 saturated carbocycles. The summed E-state index contributed by atoms with van der Waals surface area (Å²) in [6.07, 6.45) is 0. The lowest BCUT2D eigenvalue weighted by Crippen LogP contribution is -2.35. The highest BCUT2D eigenvalue weighted by atomic mass is 79.9. The number of halogens is 2. The molecule has 1 rings (SSSR count). The van der Waals surface area contributed by atoms with Crippen LogP contribution in [0.15, 0.2) is 22.7 Å². The number of aliphatic hydroxyl groups is 1. The predicted octanol–water partition coefficient (Wildman–Crippen LogP) is 1.70. The molecule has 15 heavy (non-hydrogen) atoms. The third kappa shape index (κ3) is 3.00. The average Bonchev–Trinajstić information content (AvgIpc) is 2.17. The molecule has 2 N–H and O–H groups in total. The fraction of sp³-hybridized carbons (Fsp3) is 0.300. The molecular weight excluding hydrogens is 265 g/mol. The second-order valence-corrected chi connectivity index (χ2v) is 4.01. The largest absolute Gasteiger partial charge is 0.394 e. The molecule has 0 aliphatic heterocycles. The SMILES string of the molecule is CC(CO)NC(=O)c1c(F)cccc1Br. The number of benzene rings is 1. The van der Waals surface area contributed by atoms with Crippen LogP contribution in [0.1, 0.15) is 17.3 Å². The van der Waals surface area contributed by atoms with Gasteiger partial charge in [0.05, 0.1) is 12.2 Å². The van der Waals surface area contributed by atoms with Crippen LogP contribution >= 0.6 is 15.9 Å². The molecule has 1 aromatic rings. The molecule has 0 aromatic heterocycles. The van der Waals surface area contributed by atoms with Crippen LogP contribution in [0.25, 0.3) is 0 Å². The molecule has 5 heteroatoms. The van der Waals surface area contributed by atoms with Gasteiger partial charge < -0.3 is 10.4 Å². The van der Waals surface area contributed by atoms with E-state index in [9.17, 15) is 9.18 Å². The highest BCUT2D eigenvalue weighted by molar-refractivity contribution is 9.10. The smallest absolute Gasteiger partial charge is 0.255 e. The summed E-state index contributed by atoms with van der Waals surface area (Å²) in [4.78, 5) is 11.6. The molecule has 0 aliphatic rings. The normalized spacial score (nSPS) is 12.3. The van der Waals surface area contributed by atoms with Gasteiger partial charge in [0.15, 0.2) is 0 Å². The molecule has 0 radical (unpaired) electrons. The van der Waals surface area contributed by atoms with Gasteiger partial charge in [-0.2, -0.15) is 0 Å². The molecule has 0 spiro atoms. The lowest BCUT2D eigenvalue weighted by Gasteiger charge is -2.12. The predicted molar refractivity (Wildman–Crippen MR) is 58.1 cm³/mol. The van der Waals surface area contributed by atoms with Crippen molar-refractivity contribution in [2.75, 3.05) is 6.61 Å². The standard InChI is InChI=1S/C10H11BrFNO2/c1-6(5-14)13-10(15)9-7(11)3-2-4-8(9)12/h2-4,6,14H,5H2,1H3,(H,13,15). The fourth-order valence-electron chi connectivity index (χ4n) is 1.06. The Morgan fingerprint density at radius 3 is 2.87 bits per heavy atom. The van der Waals surface area contributed by atoms with Crippen molar-refractivity contribution in [2.24, 2.45) is 0 Å². The van der Waals surface area contributed by atoms with Crippen LogP contribution in [-0.2, 0) is 0 Å². The second kappa shape index (κ2) is 5.23. The van der Waals surface area contributed by atoms with E-state index in [0.29, 0.717) is 4.47 Å². The first-order valence-electron chi connectivity index (χ1n) is 4.42. The fourth-order valence-corrected chi connectivity index (χ4v) is 1.58. The summed E-state index contributed by atoms with van der Waals surface area (Å²) >= 11 is 3.10. The van der Waals surface area contributed by atoms with Crippen LogP contribution < -0.4 is 5.32 Å². The summed E-state index contributed by atoms with van der Waals surface area (Å²) in [6, 6.07) is 3.90. The van der Waals surface area contributed by atoms with Crippen molar-refractivity contribution in [3.8, 4) is 0 Å². The van der Waals surface area contributed by atoms with E-state index < -0.39 is 17.8 Å². The van der Waals surface area contributed by atoms with Gasteiger partial charge in [-0.15, -0.1) is 0 Å². The van der Waals surface area contributed by atoms with Crippen molar-refractivity contribution in [3.05, 3.63) is 34.1 Å². The Hall–Kier alpha value is -0.940. The van der Waals surface area contributed by atoms with Crippen molar-refractivity contribution in [3.63, 3.8) is 0 Å². The van der Waals surface area contributed by atoms with E-state index in [4.69, 9.17) is 5.11 Å². The lowest BCUT2D eigenvalue weighted by atomic mass is 10.2. The Bertz CT molecular complexity index is 350. The van der Waals surface area contributed by atoms with Crippen molar-refractivity contribution < 1.29 is 14.3 Å². The third-order valence-electron chi connectivity index (χ3n) is 1.84.